The van der Waals surface area contributed by atoms with Crippen molar-refractivity contribution in [3.8, 4) is 9.75 Å². The first-order chi connectivity index (χ1) is 21.1. The van der Waals surface area contributed by atoms with Crippen LogP contribution in [0.2, 0.25) is 5.15 Å². The number of hydrogen-bond acceptors (Lipinski definition) is 6. The number of nitrogens with zero attached hydrogens (tertiary/aromatic N) is 2. The summed E-state index contributed by atoms with van der Waals surface area (Å²) in [5.41, 5.74) is 1.84. The van der Waals surface area contributed by atoms with E-state index in [0.29, 0.717) is 22.7 Å². The minimum absolute atomic E-state index is 0.0199. The van der Waals surface area contributed by atoms with Gasteiger partial charge in [-0.15, -0.1) is 22.7 Å². The van der Waals surface area contributed by atoms with E-state index >= 15 is 4.39 Å². The number of aryl methyl sites for hydroxylation is 1. The Kier molecular flexibility index (Phi) is 8.10. The molecule has 0 aliphatic carbocycles. The Morgan fingerprint density at radius 1 is 0.955 bits per heavy atom. The number of carbonyl (C=O) groups is 3. The van der Waals surface area contributed by atoms with Gasteiger partial charge in [-0.25, -0.2) is 18.2 Å². The number of nitrogens with one attached hydrogen (secondary N) is 1. The van der Waals surface area contributed by atoms with E-state index in [1.165, 1.54) is 51.8 Å². The Hall–Kier alpha value is -4.32. The summed E-state index contributed by atoms with van der Waals surface area (Å²) in [6, 6.07) is 13.9. The van der Waals surface area contributed by atoms with Crippen LogP contribution in [-0.2, 0) is 12.8 Å². The Morgan fingerprint density at radius 3 is 2.43 bits per heavy atom. The molecule has 2 amide bonds. The van der Waals surface area contributed by atoms with E-state index in [1.54, 1.807) is 30.5 Å². The van der Waals surface area contributed by atoms with Crippen LogP contribution in [0.15, 0.2) is 66.0 Å². The van der Waals surface area contributed by atoms with E-state index in [-0.39, 0.29) is 34.1 Å². The first kappa shape index (κ1) is 29.7. The summed E-state index contributed by atoms with van der Waals surface area (Å²) in [5, 5.41) is 4.40. The summed E-state index contributed by atoms with van der Waals surface area (Å²) in [4.78, 5) is 46.7. The van der Waals surface area contributed by atoms with Crippen molar-refractivity contribution in [2.45, 2.75) is 19.8 Å². The third kappa shape index (κ3) is 5.66. The highest BCUT2D eigenvalue weighted by molar-refractivity contribution is 7.23. The molecule has 222 valence electrons. The van der Waals surface area contributed by atoms with Crippen molar-refractivity contribution in [1.82, 2.24) is 4.98 Å². The predicted molar refractivity (Wildman–Crippen MR) is 166 cm³/mol. The highest BCUT2D eigenvalue weighted by Crippen LogP contribution is 2.45. The van der Waals surface area contributed by atoms with Gasteiger partial charge in [0, 0.05) is 29.9 Å². The van der Waals surface area contributed by atoms with E-state index < -0.39 is 41.5 Å². The number of benzene rings is 2. The standard InChI is InChI=1S/C32H21ClF3N3O3S2/c1-16-5-7-20(30(33)37-16)31(41)38-18-6-8-19(24(36)14-18)32(42)39-11-9-17-13-27(44-28(17)29-25(39)10-12-43-29)26(40)15-21-22(34)3-2-4-23(21)35/h2-8,10,12-14H,9,11,15H2,1H3,(H,38,41). The van der Waals surface area contributed by atoms with Crippen molar-refractivity contribution in [1.29, 1.82) is 0 Å². The molecule has 0 saturated heterocycles. The fraction of sp³-hybridized carbons (Fsp3) is 0.125. The van der Waals surface area contributed by atoms with Gasteiger partial charge in [-0.2, -0.15) is 0 Å². The fourth-order valence-electron chi connectivity index (χ4n) is 4.95. The highest BCUT2D eigenvalue weighted by atomic mass is 35.5. The van der Waals surface area contributed by atoms with E-state index in [0.717, 1.165) is 33.5 Å². The third-order valence-electron chi connectivity index (χ3n) is 7.16. The van der Waals surface area contributed by atoms with Crippen molar-refractivity contribution in [2.75, 3.05) is 16.8 Å². The molecule has 1 aliphatic rings. The van der Waals surface area contributed by atoms with E-state index in [2.05, 4.69) is 10.3 Å². The number of carbonyl (C=O) groups excluding carboxylic acids is 3. The Bertz CT molecular complexity index is 1950. The van der Waals surface area contributed by atoms with Crippen LogP contribution in [-0.4, -0.2) is 29.1 Å². The summed E-state index contributed by atoms with van der Waals surface area (Å²) in [5.74, 6) is -3.91. The van der Waals surface area contributed by atoms with Crippen LogP contribution in [0.5, 0.6) is 0 Å². The van der Waals surface area contributed by atoms with Crippen LogP contribution < -0.4 is 10.2 Å². The molecule has 0 atom stereocenters. The molecular weight excluding hydrogens is 631 g/mol. The largest absolute Gasteiger partial charge is 0.322 e. The SMILES string of the molecule is Cc1ccc(C(=O)Nc2ccc(C(=O)N3CCc4cc(C(=O)Cc5c(F)cccc5F)sc4-c4sccc43)c(F)c2)c(Cl)n1. The third-order valence-corrected chi connectivity index (χ3v) is 9.74. The number of aromatic nitrogens is 1. The van der Waals surface area contributed by atoms with Crippen LogP contribution in [0.4, 0.5) is 24.5 Å². The predicted octanol–water partition coefficient (Wildman–Crippen LogP) is 8.13. The van der Waals surface area contributed by atoms with Gasteiger partial charge in [-0.1, -0.05) is 17.7 Å². The molecule has 0 saturated carbocycles. The molecule has 0 radical (unpaired) electrons. The Morgan fingerprint density at radius 2 is 1.70 bits per heavy atom. The lowest BCUT2D eigenvalue weighted by Gasteiger charge is -2.21. The topological polar surface area (TPSA) is 79.4 Å². The van der Waals surface area contributed by atoms with Crippen molar-refractivity contribution in [3.63, 3.8) is 0 Å². The summed E-state index contributed by atoms with van der Waals surface area (Å²) in [6.45, 7) is 1.94. The number of ketones is 1. The minimum atomic E-state index is -0.815. The zero-order chi connectivity index (χ0) is 31.1. The molecule has 0 bridgehead atoms. The molecule has 4 heterocycles. The molecule has 0 fully saturated rings. The van der Waals surface area contributed by atoms with E-state index in [1.807, 2.05) is 0 Å². The molecule has 12 heteroatoms. The monoisotopic (exact) mass is 651 g/mol. The molecule has 6 nitrogen and oxygen atoms in total. The second-order valence-electron chi connectivity index (χ2n) is 10.0. The number of fused-ring (bicyclic) bond motifs is 3. The van der Waals surface area contributed by atoms with Crippen molar-refractivity contribution in [2.24, 2.45) is 0 Å². The maximum atomic E-state index is 15.3. The second kappa shape index (κ2) is 12.0. The van der Waals surface area contributed by atoms with Crippen LogP contribution in [0.1, 0.15) is 47.2 Å². The first-order valence-electron chi connectivity index (χ1n) is 13.3. The van der Waals surface area contributed by atoms with Crippen LogP contribution >= 0.6 is 34.3 Å². The maximum absolute atomic E-state index is 15.3. The number of amides is 2. The second-order valence-corrected chi connectivity index (χ2v) is 12.4. The minimum Gasteiger partial charge on any atom is -0.322 e. The molecular formula is C32H21ClF3N3O3S2. The average Bonchev–Trinajstić information content (AvgIpc) is 3.60. The van der Waals surface area contributed by atoms with Gasteiger partial charge in [-0.05, 0) is 78.9 Å². The van der Waals surface area contributed by atoms with Crippen molar-refractivity contribution in [3.05, 3.63) is 121 Å². The first-order valence-corrected chi connectivity index (χ1v) is 15.4. The molecule has 3 aromatic heterocycles. The number of Topliss-reactive ketones (excluding diaryl/α,β-unsaturated/α-hetero) is 1. The summed E-state index contributed by atoms with van der Waals surface area (Å²) in [6.07, 6.45) is -0.0358. The molecule has 1 N–H and O–H groups in total. The van der Waals surface area contributed by atoms with E-state index in [4.69, 9.17) is 11.6 Å². The molecule has 6 rings (SSSR count). The number of thiophene rings is 2. The van der Waals surface area contributed by atoms with Crippen LogP contribution in [0.3, 0.4) is 0 Å². The highest BCUT2D eigenvalue weighted by Gasteiger charge is 2.30. The van der Waals surface area contributed by atoms with Crippen LogP contribution in [0, 0.1) is 24.4 Å². The smallest absolute Gasteiger partial charge is 0.261 e. The Balaban J connectivity index is 1.22. The molecule has 5 aromatic rings. The number of hydrogen-bond donors (Lipinski definition) is 1. The van der Waals surface area contributed by atoms with Gasteiger partial charge in [0.15, 0.2) is 5.78 Å². The van der Waals surface area contributed by atoms with Gasteiger partial charge >= 0.3 is 0 Å². The number of anilines is 2. The Labute approximate surface area is 262 Å². The number of rotatable bonds is 6. The average molecular weight is 652 g/mol. The normalized spacial score (nSPS) is 12.3. The summed E-state index contributed by atoms with van der Waals surface area (Å²) >= 11 is 8.65. The zero-order valence-corrected chi connectivity index (χ0v) is 25.3. The summed E-state index contributed by atoms with van der Waals surface area (Å²) in [7, 11) is 0. The molecule has 44 heavy (non-hydrogen) atoms. The quantitative estimate of drug-likeness (QED) is 0.149. The lowest BCUT2D eigenvalue weighted by molar-refractivity contribution is 0.0978. The number of pyridine rings is 1. The van der Waals surface area contributed by atoms with Gasteiger partial charge in [0.05, 0.1) is 31.4 Å². The molecule has 0 unspecified atom stereocenters. The van der Waals surface area contributed by atoms with Crippen molar-refractivity contribution < 1.29 is 27.6 Å². The van der Waals surface area contributed by atoms with Gasteiger partial charge in [-0.3, -0.25) is 14.4 Å². The lowest BCUT2D eigenvalue weighted by atomic mass is 10.1. The molecule has 1 aliphatic heterocycles. The van der Waals surface area contributed by atoms with Gasteiger partial charge in [0.2, 0.25) is 0 Å². The van der Waals surface area contributed by atoms with Gasteiger partial charge in [0.25, 0.3) is 11.8 Å². The molecule has 2 aromatic carbocycles. The zero-order valence-electron chi connectivity index (χ0n) is 22.9. The van der Waals surface area contributed by atoms with E-state index in [9.17, 15) is 23.2 Å². The van der Waals surface area contributed by atoms with Crippen molar-refractivity contribution >= 4 is 63.2 Å². The summed E-state index contributed by atoms with van der Waals surface area (Å²) < 4.78 is 43.6. The lowest BCUT2D eigenvalue weighted by Crippen LogP contribution is -2.32. The van der Waals surface area contributed by atoms with Gasteiger partial charge < -0.3 is 10.2 Å². The maximum Gasteiger partial charge on any atom is 0.261 e. The van der Waals surface area contributed by atoms with Gasteiger partial charge in [0.1, 0.15) is 22.6 Å². The fourth-order valence-corrected chi connectivity index (χ4v) is 7.46. The van der Waals surface area contributed by atoms with Crippen LogP contribution in [0.25, 0.3) is 9.75 Å². The number of halogens is 4. The molecule has 0 spiro atoms.